The van der Waals surface area contributed by atoms with Gasteiger partial charge in [0.2, 0.25) is 23.6 Å². The van der Waals surface area contributed by atoms with Gasteiger partial charge in [-0.2, -0.15) is 24.4 Å². The van der Waals surface area contributed by atoms with Crippen molar-refractivity contribution in [2.45, 2.75) is 100 Å². The van der Waals surface area contributed by atoms with Gasteiger partial charge in [-0.1, -0.05) is 0 Å². The Balaban J connectivity index is 0.000000359. The number of amides is 10. The summed E-state index contributed by atoms with van der Waals surface area (Å²) < 4.78 is 33.0. The van der Waals surface area contributed by atoms with Crippen LogP contribution in [0.5, 0.6) is 0 Å². The molecule has 2 saturated heterocycles. The summed E-state index contributed by atoms with van der Waals surface area (Å²) in [6.07, 6.45) is 16.9. The quantitative estimate of drug-likeness (QED) is 0.0678. The Bertz CT molecular complexity index is 2100. The Morgan fingerprint density at radius 3 is 1.28 bits per heavy atom. The van der Waals surface area contributed by atoms with Gasteiger partial charge in [0.25, 0.3) is 35.4 Å². The number of hydrogen-bond acceptors (Lipinski definition) is 18. The van der Waals surface area contributed by atoms with E-state index in [4.69, 9.17) is 4.84 Å². The maximum Gasteiger partial charge on any atom is 1.00 e. The summed E-state index contributed by atoms with van der Waals surface area (Å²) in [6, 6.07) is 0. The molecule has 0 aromatic carbocycles. The number of nitrogens with two attached hydrogens (primary N) is 1. The molecule has 0 spiro atoms. The summed E-state index contributed by atoms with van der Waals surface area (Å²) in [7, 11) is -0.205. The molecular weight excluding hydrogens is 998 g/mol. The number of carbonyl (C=O) groups excluding carboxylic acids is 11. The molecule has 71 heavy (non-hydrogen) atoms. The number of rotatable bonds is 12. The molecule has 7 aliphatic rings. The first-order chi connectivity index (χ1) is 33.2. The van der Waals surface area contributed by atoms with Gasteiger partial charge < -0.3 is 25.8 Å². The molecule has 22 nitrogen and oxygen atoms in total. The Kier molecular flexibility index (Phi) is 26.9. The zero-order valence-electron chi connectivity index (χ0n) is 41.2. The third kappa shape index (κ3) is 17.6. The molecule has 2 atom stereocenters. The minimum Gasteiger partial charge on any atom is -0.747 e. The second-order valence-electron chi connectivity index (χ2n) is 17.5. The molecule has 3 saturated carbocycles. The van der Waals surface area contributed by atoms with Crippen molar-refractivity contribution >= 4 is 99.5 Å². The topological polar surface area (TPSA) is 317 Å². The fraction of sp³-hybridized carbons (Fsp3) is 0.667. The van der Waals surface area contributed by atoms with Crippen LogP contribution in [-0.4, -0.2) is 162 Å². The predicted octanol–water partition coefficient (Wildman–Crippen LogP) is -2.53. The number of likely N-dealkylation sites (tertiary alicyclic amines) is 1. The number of thiol groups is 1. The van der Waals surface area contributed by atoms with Gasteiger partial charge in [-0.3, -0.25) is 62.6 Å². The van der Waals surface area contributed by atoms with Gasteiger partial charge >= 0.3 is 35.5 Å². The smallest absolute Gasteiger partial charge is 0.747 e. The molecule has 4 N–H and O–H groups in total. The van der Waals surface area contributed by atoms with Crippen LogP contribution in [0.25, 0.3) is 0 Å². The number of hydroxylamine groups is 2. The van der Waals surface area contributed by atoms with Gasteiger partial charge in [0.05, 0.1) is 17.6 Å². The summed E-state index contributed by atoms with van der Waals surface area (Å²) in [4.78, 5) is 137. The number of nitrogens with zero attached hydrogens (tertiary/aromatic N) is 4. The number of carbonyl (C=O) groups is 11. The van der Waals surface area contributed by atoms with Crippen LogP contribution in [0.1, 0.15) is 89.9 Å². The van der Waals surface area contributed by atoms with Crippen LogP contribution in [-0.2, 0) is 67.7 Å². The average Bonchev–Trinajstić information content (AvgIpc) is 4.05. The molecule has 390 valence electrons. The second-order valence-corrected chi connectivity index (χ2v) is 20.1. The molecule has 2 unspecified atom stereocenters. The number of hydrogen-bond donors (Lipinski definition) is 4. The van der Waals surface area contributed by atoms with Crippen molar-refractivity contribution in [3.63, 3.8) is 0 Å². The van der Waals surface area contributed by atoms with Crippen LogP contribution in [0.15, 0.2) is 24.3 Å². The second kappa shape index (κ2) is 30.3. The van der Waals surface area contributed by atoms with E-state index in [1.807, 2.05) is 6.26 Å². The number of imide groups is 4. The van der Waals surface area contributed by atoms with Gasteiger partial charge in [0, 0.05) is 76.3 Å². The molecule has 10 amide bonds. The predicted molar refractivity (Wildman–Crippen MR) is 256 cm³/mol. The molecule has 5 fully saturated rings. The normalized spacial score (nSPS) is 27.0. The van der Waals surface area contributed by atoms with Crippen LogP contribution in [0, 0.1) is 35.5 Å². The SMILES string of the molecule is CN.CNC(=O)C1CCC(CN2C(=O)C=CC2=O)CC1.CNC(=O)C1CCC(CN2C(=O)CC(SC)C2=O)CC1.CS.O=C(ON1C(=O)CC(S(=O)(=O)[O-])C1=O)C1CCC(CN2C(=O)C=CC2=O)CC1.[Na+]. The minimum absolute atomic E-state index is 0. The van der Waals surface area contributed by atoms with Crippen molar-refractivity contribution in [2.24, 2.45) is 41.2 Å². The van der Waals surface area contributed by atoms with Crippen molar-refractivity contribution in [3.8, 4) is 0 Å². The largest absolute Gasteiger partial charge is 1.00 e. The Hall–Kier alpha value is -3.98. The van der Waals surface area contributed by atoms with Gasteiger partial charge in [0.1, 0.15) is 15.4 Å². The molecule has 0 aromatic heterocycles. The van der Waals surface area contributed by atoms with E-state index in [9.17, 15) is 65.7 Å². The third-order valence-electron chi connectivity index (χ3n) is 13.3. The van der Waals surface area contributed by atoms with Gasteiger partial charge in [0.15, 0.2) is 0 Å². The number of thioether (sulfide) groups is 1. The first-order valence-corrected chi connectivity index (χ1v) is 26.8. The van der Waals surface area contributed by atoms with E-state index >= 15 is 0 Å². The molecule has 7 rings (SSSR count). The fourth-order valence-corrected chi connectivity index (χ4v) is 10.6. The molecule has 3 aliphatic carbocycles. The average molecular weight is 1060 g/mol. The molecule has 0 bridgehead atoms. The van der Waals surface area contributed by atoms with Crippen LogP contribution in [0.2, 0.25) is 0 Å². The first kappa shape index (κ1) is 63.1. The molecular formula is C45H66N7NaO15S3. The minimum atomic E-state index is -5.02. The van der Waals surface area contributed by atoms with Crippen molar-refractivity contribution in [1.29, 1.82) is 0 Å². The van der Waals surface area contributed by atoms with E-state index in [1.165, 1.54) is 52.9 Å². The molecule has 0 radical (unpaired) electrons. The van der Waals surface area contributed by atoms with E-state index < -0.39 is 45.5 Å². The van der Waals surface area contributed by atoms with Crippen LogP contribution < -0.4 is 45.9 Å². The van der Waals surface area contributed by atoms with E-state index in [1.54, 1.807) is 20.4 Å². The molecule has 26 heteroatoms. The first-order valence-electron chi connectivity index (χ1n) is 23.2. The maximum absolute atomic E-state index is 12.2. The fourth-order valence-electron chi connectivity index (χ4n) is 9.30. The summed E-state index contributed by atoms with van der Waals surface area (Å²) in [6.45, 7) is 1.28. The monoisotopic (exact) mass is 1060 g/mol. The van der Waals surface area contributed by atoms with Crippen molar-refractivity contribution in [3.05, 3.63) is 24.3 Å². The summed E-state index contributed by atoms with van der Waals surface area (Å²) in [5, 5.41) is 3.15. The van der Waals surface area contributed by atoms with Crippen LogP contribution >= 0.6 is 24.4 Å². The van der Waals surface area contributed by atoms with Crippen molar-refractivity contribution in [1.82, 2.24) is 30.4 Å². The van der Waals surface area contributed by atoms with Crippen molar-refractivity contribution < 1.29 is 100 Å². The number of nitrogens with one attached hydrogen (secondary N) is 2. The third-order valence-corrected chi connectivity index (χ3v) is 15.3. The van der Waals surface area contributed by atoms with Crippen LogP contribution in [0.3, 0.4) is 0 Å². The van der Waals surface area contributed by atoms with Crippen molar-refractivity contribution in [2.75, 3.05) is 53.3 Å². The van der Waals surface area contributed by atoms with E-state index in [2.05, 4.69) is 29.0 Å². The Morgan fingerprint density at radius 2 is 0.972 bits per heavy atom. The van der Waals surface area contributed by atoms with Gasteiger partial charge in [-0.15, -0.1) is 5.06 Å². The molecule has 4 heterocycles. The Labute approximate surface area is 446 Å². The standard InChI is InChI=1S/C16H18N2O9S.C14H22N2O3S.C13H18N2O3.CH5N.CH4S.Na/c19-12-5-6-13(20)17(12)8-9-1-3-10(4-2-9)16(23)27-18-14(21)7-11(15(18)22)28(24,25)26;1-15-13(18)10-5-3-9(4-6-10)8-16-12(17)7-11(20-2)14(16)19;1-14-13(18)10-4-2-9(3-5-10)8-15-11(16)6-7-12(15)17;2*1-2;/h5-6,9-11H,1-4,7-8H2,(H,24,25,26);9-11H,3-8H2,1-2H3,(H,15,18);6-7,9-10H,2-5,8H2,1H3,(H,14,18);2H2,1H3;2H,1H3;/q;;;;;+1/p-1. The summed E-state index contributed by atoms with van der Waals surface area (Å²) >= 11 is 4.98. The van der Waals surface area contributed by atoms with Gasteiger partial charge in [-0.25, -0.2) is 13.2 Å². The Morgan fingerprint density at radius 1 is 0.620 bits per heavy atom. The van der Waals surface area contributed by atoms with E-state index in [0.717, 1.165) is 56.3 Å². The van der Waals surface area contributed by atoms with Gasteiger partial charge in [-0.05, 0) is 114 Å². The summed E-state index contributed by atoms with van der Waals surface area (Å²) in [5.74, 6) is -4.05. The molecule has 4 aliphatic heterocycles. The van der Waals surface area contributed by atoms with E-state index in [0.29, 0.717) is 57.0 Å². The maximum atomic E-state index is 12.2. The zero-order chi connectivity index (χ0) is 52.5. The van der Waals surface area contributed by atoms with E-state index in [-0.39, 0.29) is 111 Å². The van der Waals surface area contributed by atoms with Crippen LogP contribution in [0.4, 0.5) is 0 Å². The summed E-state index contributed by atoms with van der Waals surface area (Å²) in [5.41, 5.74) is 4.50. The molecule has 0 aromatic rings. The zero-order valence-corrected chi connectivity index (χ0v) is 45.7.